The van der Waals surface area contributed by atoms with Crippen molar-refractivity contribution in [2.45, 2.75) is 25.7 Å². The van der Waals surface area contributed by atoms with Crippen LogP contribution in [-0.4, -0.2) is 50.7 Å². The van der Waals surface area contributed by atoms with Gasteiger partial charge in [0.15, 0.2) is 5.65 Å². The third kappa shape index (κ3) is 3.47. The smallest absolute Gasteiger partial charge is 0.259 e. The molecule has 3 aromatic heterocycles. The molecule has 8 heteroatoms. The van der Waals surface area contributed by atoms with Gasteiger partial charge in [-0.05, 0) is 38.0 Å². The van der Waals surface area contributed by atoms with E-state index in [1.165, 1.54) is 6.20 Å². The first-order chi connectivity index (χ1) is 13.2. The molecule has 4 rings (SSSR count). The Morgan fingerprint density at radius 1 is 1.44 bits per heavy atom. The van der Waals surface area contributed by atoms with E-state index in [0.29, 0.717) is 41.8 Å². The van der Waals surface area contributed by atoms with Gasteiger partial charge >= 0.3 is 0 Å². The summed E-state index contributed by atoms with van der Waals surface area (Å²) in [6, 6.07) is 5.54. The van der Waals surface area contributed by atoms with E-state index in [1.54, 1.807) is 12.3 Å². The summed E-state index contributed by atoms with van der Waals surface area (Å²) >= 11 is 6.07. The van der Waals surface area contributed by atoms with Crippen LogP contribution in [0.1, 0.15) is 41.7 Å². The minimum Gasteiger partial charge on any atom is -0.477 e. The fourth-order valence-corrected chi connectivity index (χ4v) is 3.74. The monoisotopic (exact) mass is 385 g/mol. The summed E-state index contributed by atoms with van der Waals surface area (Å²) in [7, 11) is 0. The number of likely N-dealkylation sites (tertiary alicyclic amines) is 1. The molecule has 1 saturated heterocycles. The fraction of sp³-hybridized carbons (Fsp3) is 0.368. The lowest BCUT2D eigenvalue weighted by Gasteiger charge is -2.32. The highest BCUT2D eigenvalue weighted by Gasteiger charge is 2.29. The Labute approximate surface area is 161 Å². The predicted octanol–water partition coefficient (Wildman–Crippen LogP) is 3.42. The van der Waals surface area contributed by atoms with Gasteiger partial charge < -0.3 is 9.64 Å². The molecular formula is C19H20ClN5O2. The van der Waals surface area contributed by atoms with Gasteiger partial charge in [0.2, 0.25) is 5.88 Å². The number of amides is 1. The molecule has 140 valence electrons. The van der Waals surface area contributed by atoms with Crippen molar-refractivity contribution in [3.8, 4) is 5.88 Å². The van der Waals surface area contributed by atoms with Gasteiger partial charge in [0, 0.05) is 42.5 Å². The normalized spacial score (nSPS) is 17.3. The zero-order valence-corrected chi connectivity index (χ0v) is 15.7. The maximum atomic E-state index is 13.1. The van der Waals surface area contributed by atoms with Crippen LogP contribution in [-0.2, 0) is 0 Å². The number of hydrogen-bond donors (Lipinski definition) is 1. The van der Waals surface area contributed by atoms with Crippen LogP contribution in [0.5, 0.6) is 5.88 Å². The van der Waals surface area contributed by atoms with E-state index >= 15 is 0 Å². The van der Waals surface area contributed by atoms with Crippen LogP contribution in [0.3, 0.4) is 0 Å². The number of nitrogens with zero attached hydrogens (tertiary/aromatic N) is 4. The van der Waals surface area contributed by atoms with Crippen molar-refractivity contribution in [3.63, 3.8) is 0 Å². The lowest BCUT2D eigenvalue weighted by Crippen LogP contribution is -2.39. The molecule has 0 radical (unpaired) electrons. The Morgan fingerprint density at radius 2 is 2.33 bits per heavy atom. The zero-order chi connectivity index (χ0) is 18.8. The Morgan fingerprint density at radius 3 is 3.19 bits per heavy atom. The molecule has 0 spiro atoms. The number of fused-ring (bicyclic) bond motifs is 1. The zero-order valence-electron chi connectivity index (χ0n) is 15.0. The average molecular weight is 386 g/mol. The van der Waals surface area contributed by atoms with Gasteiger partial charge in [-0.25, -0.2) is 9.97 Å². The summed E-state index contributed by atoms with van der Waals surface area (Å²) < 4.78 is 5.52. The van der Waals surface area contributed by atoms with E-state index in [0.717, 1.165) is 23.9 Å². The average Bonchev–Trinajstić information content (AvgIpc) is 3.13. The van der Waals surface area contributed by atoms with E-state index in [2.05, 4.69) is 20.2 Å². The second-order valence-electron chi connectivity index (χ2n) is 6.54. The minimum atomic E-state index is -0.111. The number of aromatic nitrogens is 4. The van der Waals surface area contributed by atoms with Gasteiger partial charge in [0.1, 0.15) is 5.56 Å². The molecular weight excluding hydrogens is 366 g/mol. The maximum absolute atomic E-state index is 13.1. The van der Waals surface area contributed by atoms with Crippen molar-refractivity contribution in [2.75, 3.05) is 19.7 Å². The summed E-state index contributed by atoms with van der Waals surface area (Å²) in [6.07, 6.45) is 5.12. The maximum Gasteiger partial charge on any atom is 0.259 e. The Balaban J connectivity index is 1.60. The number of aromatic amines is 1. The Kier molecular flexibility index (Phi) is 4.94. The highest BCUT2D eigenvalue weighted by molar-refractivity contribution is 6.30. The number of nitrogens with one attached hydrogen (secondary N) is 1. The third-order valence-electron chi connectivity index (χ3n) is 4.81. The molecule has 1 amide bonds. The van der Waals surface area contributed by atoms with Gasteiger partial charge in [-0.3, -0.25) is 9.89 Å². The van der Waals surface area contributed by atoms with E-state index in [4.69, 9.17) is 16.3 Å². The van der Waals surface area contributed by atoms with Crippen LogP contribution in [0.2, 0.25) is 5.02 Å². The van der Waals surface area contributed by atoms with E-state index in [9.17, 15) is 4.79 Å². The molecule has 3 aromatic rings. The molecule has 0 aromatic carbocycles. The highest BCUT2D eigenvalue weighted by Crippen LogP contribution is 2.31. The number of hydrogen-bond acceptors (Lipinski definition) is 5. The van der Waals surface area contributed by atoms with Gasteiger partial charge in [-0.15, -0.1) is 0 Å². The molecule has 1 fully saturated rings. The Hall–Kier alpha value is -2.67. The van der Waals surface area contributed by atoms with Gasteiger partial charge in [-0.2, -0.15) is 5.10 Å². The van der Waals surface area contributed by atoms with Gasteiger partial charge in [0.05, 0.1) is 11.6 Å². The number of pyridine rings is 2. The van der Waals surface area contributed by atoms with Crippen molar-refractivity contribution < 1.29 is 9.53 Å². The number of H-pyrrole nitrogens is 1. The molecule has 0 saturated carbocycles. The first kappa shape index (κ1) is 17.7. The van der Waals surface area contributed by atoms with Crippen LogP contribution in [0.4, 0.5) is 0 Å². The number of carbonyl (C=O) groups is 1. The molecule has 1 aliphatic heterocycles. The van der Waals surface area contributed by atoms with Crippen LogP contribution in [0, 0.1) is 0 Å². The van der Waals surface area contributed by atoms with Crippen molar-refractivity contribution in [3.05, 3.63) is 46.9 Å². The molecule has 1 N–H and O–H groups in total. The van der Waals surface area contributed by atoms with Crippen molar-refractivity contribution in [1.29, 1.82) is 0 Å². The number of rotatable bonds is 4. The van der Waals surface area contributed by atoms with Gasteiger partial charge in [-0.1, -0.05) is 11.6 Å². The summed E-state index contributed by atoms with van der Waals surface area (Å²) in [5.41, 5.74) is 2.14. The molecule has 1 unspecified atom stereocenters. The quantitative estimate of drug-likeness (QED) is 0.743. The summed E-state index contributed by atoms with van der Waals surface area (Å²) in [4.78, 5) is 23.4. The van der Waals surface area contributed by atoms with Crippen LogP contribution in [0.25, 0.3) is 11.0 Å². The lowest BCUT2D eigenvalue weighted by molar-refractivity contribution is 0.0701. The lowest BCUT2D eigenvalue weighted by atomic mass is 9.93. The van der Waals surface area contributed by atoms with Crippen molar-refractivity contribution in [2.24, 2.45) is 0 Å². The van der Waals surface area contributed by atoms with Crippen LogP contribution >= 0.6 is 11.6 Å². The number of halogens is 1. The van der Waals surface area contributed by atoms with E-state index in [1.807, 2.05) is 24.0 Å². The number of ether oxygens (including phenoxy) is 1. The SMILES string of the molecule is CCOc1ncc(Cl)cc1C(=O)N1CCCC(c2[nH]nc3ncccc23)C1. The molecule has 1 aliphatic rings. The topological polar surface area (TPSA) is 84.0 Å². The first-order valence-electron chi connectivity index (χ1n) is 9.04. The highest BCUT2D eigenvalue weighted by atomic mass is 35.5. The molecule has 0 bridgehead atoms. The molecule has 1 atom stereocenters. The summed E-state index contributed by atoms with van der Waals surface area (Å²) in [6.45, 7) is 3.59. The van der Waals surface area contributed by atoms with E-state index < -0.39 is 0 Å². The van der Waals surface area contributed by atoms with E-state index in [-0.39, 0.29) is 11.8 Å². The van der Waals surface area contributed by atoms with Crippen molar-refractivity contribution in [1.82, 2.24) is 25.1 Å². The third-order valence-corrected chi connectivity index (χ3v) is 5.01. The largest absolute Gasteiger partial charge is 0.477 e. The predicted molar refractivity (Wildman–Crippen MR) is 102 cm³/mol. The van der Waals surface area contributed by atoms with Crippen molar-refractivity contribution >= 4 is 28.5 Å². The Bertz CT molecular complexity index is 974. The minimum absolute atomic E-state index is 0.111. The molecule has 4 heterocycles. The second kappa shape index (κ2) is 7.52. The fourth-order valence-electron chi connectivity index (χ4n) is 3.58. The number of carbonyl (C=O) groups excluding carboxylic acids is 1. The second-order valence-corrected chi connectivity index (χ2v) is 6.98. The van der Waals surface area contributed by atoms with Gasteiger partial charge in [0.25, 0.3) is 5.91 Å². The number of piperidine rings is 1. The molecule has 7 nitrogen and oxygen atoms in total. The van der Waals surface area contributed by atoms with Crippen LogP contribution in [0.15, 0.2) is 30.6 Å². The standard InChI is InChI=1S/C19H20ClN5O2/c1-2-27-18-15(9-13(20)10-22-18)19(26)25-8-4-5-12(11-25)16-14-6-3-7-21-17(14)24-23-16/h3,6-7,9-10,12H,2,4-5,8,11H2,1H3,(H,21,23,24). The summed E-state index contributed by atoms with van der Waals surface area (Å²) in [5.74, 6) is 0.393. The summed E-state index contributed by atoms with van der Waals surface area (Å²) in [5, 5.41) is 8.83. The molecule has 27 heavy (non-hydrogen) atoms. The molecule has 0 aliphatic carbocycles. The van der Waals surface area contributed by atoms with Crippen LogP contribution < -0.4 is 4.74 Å². The first-order valence-corrected chi connectivity index (χ1v) is 9.41.